The summed E-state index contributed by atoms with van der Waals surface area (Å²) in [4.78, 5) is 2.49. The minimum atomic E-state index is 0.631. The van der Waals surface area contributed by atoms with Gasteiger partial charge in [-0.2, -0.15) is 0 Å². The molecule has 0 bridgehead atoms. The van der Waals surface area contributed by atoms with Crippen LogP contribution in [0.2, 0.25) is 0 Å². The van der Waals surface area contributed by atoms with Gasteiger partial charge in [0.15, 0.2) is 0 Å². The van der Waals surface area contributed by atoms with Crippen molar-refractivity contribution < 1.29 is 0 Å². The molecule has 2 nitrogen and oxygen atoms in total. The van der Waals surface area contributed by atoms with E-state index in [-0.39, 0.29) is 0 Å². The van der Waals surface area contributed by atoms with Gasteiger partial charge in [-0.1, -0.05) is 13.8 Å². The second-order valence-electron chi connectivity index (χ2n) is 4.86. The van der Waals surface area contributed by atoms with Gasteiger partial charge in [-0.05, 0) is 53.6 Å². The fourth-order valence-electron chi connectivity index (χ4n) is 1.87. The maximum Gasteiger partial charge on any atom is 0.00814 e. The lowest BCUT2D eigenvalue weighted by Gasteiger charge is -2.32. The Balaban J connectivity index is 3.84. The van der Waals surface area contributed by atoms with Gasteiger partial charge >= 0.3 is 0 Å². The largest absolute Gasteiger partial charge is 0.314 e. The molecule has 0 aromatic rings. The highest BCUT2D eigenvalue weighted by atomic mass is 15.1. The molecule has 0 fully saturated rings. The molecule has 3 atom stereocenters. The van der Waals surface area contributed by atoms with Crippen LogP contribution in [0, 0.1) is 0 Å². The van der Waals surface area contributed by atoms with Crippen molar-refractivity contribution in [1.29, 1.82) is 0 Å². The number of hydrogen-bond donors (Lipinski definition) is 1. The quantitative estimate of drug-likeness (QED) is 0.668. The fourth-order valence-corrected chi connectivity index (χ4v) is 1.87. The lowest BCUT2D eigenvalue weighted by atomic mass is 10.1. The van der Waals surface area contributed by atoms with Crippen LogP contribution in [0.5, 0.6) is 0 Å². The Morgan fingerprint density at radius 2 is 1.67 bits per heavy atom. The zero-order valence-corrected chi connectivity index (χ0v) is 11.5. The van der Waals surface area contributed by atoms with E-state index in [1.807, 2.05) is 0 Å². The van der Waals surface area contributed by atoms with Gasteiger partial charge < -0.3 is 10.2 Å². The van der Waals surface area contributed by atoms with Gasteiger partial charge in [0.1, 0.15) is 0 Å². The van der Waals surface area contributed by atoms with Crippen LogP contribution >= 0.6 is 0 Å². The molecule has 0 amide bonds. The Hall–Kier alpha value is -0.0800. The van der Waals surface area contributed by atoms with Crippen LogP contribution in [0.25, 0.3) is 0 Å². The first-order valence-corrected chi connectivity index (χ1v) is 6.48. The van der Waals surface area contributed by atoms with Crippen molar-refractivity contribution in [3.63, 3.8) is 0 Å². The molecule has 0 spiro atoms. The molecule has 0 aliphatic heterocycles. The zero-order chi connectivity index (χ0) is 11.8. The molecule has 0 saturated heterocycles. The van der Waals surface area contributed by atoms with Gasteiger partial charge in [-0.3, -0.25) is 0 Å². The first-order valence-electron chi connectivity index (χ1n) is 6.48. The van der Waals surface area contributed by atoms with Crippen LogP contribution in [0.4, 0.5) is 0 Å². The van der Waals surface area contributed by atoms with E-state index < -0.39 is 0 Å². The summed E-state index contributed by atoms with van der Waals surface area (Å²) < 4.78 is 0. The van der Waals surface area contributed by atoms with E-state index in [2.05, 4.69) is 51.9 Å². The molecule has 0 aromatic carbocycles. The average Bonchev–Trinajstić information content (AvgIpc) is 2.23. The Kier molecular flexibility index (Phi) is 8.07. The van der Waals surface area contributed by atoms with E-state index in [1.165, 1.54) is 19.3 Å². The second-order valence-corrected chi connectivity index (χ2v) is 4.86. The molecule has 92 valence electrons. The summed E-state index contributed by atoms with van der Waals surface area (Å²) in [6, 6.07) is 1.99. The number of nitrogens with zero attached hydrogens (tertiary/aromatic N) is 1. The molecule has 2 heteroatoms. The Labute approximate surface area is 96.4 Å². The van der Waals surface area contributed by atoms with Gasteiger partial charge in [0.05, 0.1) is 0 Å². The van der Waals surface area contributed by atoms with E-state index in [0.29, 0.717) is 18.1 Å². The Morgan fingerprint density at radius 1 is 1.07 bits per heavy atom. The monoisotopic (exact) mass is 214 g/mol. The van der Waals surface area contributed by atoms with E-state index in [0.717, 1.165) is 6.54 Å². The van der Waals surface area contributed by atoms with Crippen LogP contribution in [-0.2, 0) is 0 Å². The second kappa shape index (κ2) is 8.12. The molecule has 1 N–H and O–H groups in total. The normalized spacial score (nSPS) is 17.8. The molecule has 0 radical (unpaired) electrons. The minimum Gasteiger partial charge on any atom is -0.314 e. The number of rotatable bonds is 8. The predicted octanol–water partition coefficient (Wildman–Crippen LogP) is 2.88. The summed E-state index contributed by atoms with van der Waals surface area (Å²) in [7, 11) is 2.24. The molecular weight excluding hydrogens is 184 g/mol. The minimum absolute atomic E-state index is 0.631. The van der Waals surface area contributed by atoms with Crippen molar-refractivity contribution >= 4 is 0 Å². The molecule has 0 aromatic heterocycles. The maximum absolute atomic E-state index is 3.55. The van der Waals surface area contributed by atoms with Gasteiger partial charge in [-0.15, -0.1) is 0 Å². The highest BCUT2D eigenvalue weighted by molar-refractivity contribution is 4.74. The molecule has 0 heterocycles. The third-order valence-electron chi connectivity index (χ3n) is 3.42. The molecule has 0 saturated carbocycles. The molecule has 0 rings (SSSR count). The van der Waals surface area contributed by atoms with Gasteiger partial charge in [0.25, 0.3) is 0 Å². The first kappa shape index (κ1) is 14.9. The summed E-state index contributed by atoms with van der Waals surface area (Å²) in [6.45, 7) is 12.5. The highest BCUT2D eigenvalue weighted by Gasteiger charge is 2.16. The van der Waals surface area contributed by atoms with E-state index >= 15 is 0 Å². The van der Waals surface area contributed by atoms with Crippen molar-refractivity contribution in [3.05, 3.63) is 0 Å². The van der Waals surface area contributed by atoms with Crippen LogP contribution < -0.4 is 5.32 Å². The maximum atomic E-state index is 3.55. The van der Waals surface area contributed by atoms with Gasteiger partial charge in [0.2, 0.25) is 0 Å². The predicted molar refractivity (Wildman–Crippen MR) is 69.4 cm³/mol. The molecular formula is C13H30N2. The molecule has 0 aliphatic rings. The van der Waals surface area contributed by atoms with Gasteiger partial charge in [-0.25, -0.2) is 0 Å². The van der Waals surface area contributed by atoms with E-state index in [9.17, 15) is 0 Å². The molecule has 15 heavy (non-hydrogen) atoms. The van der Waals surface area contributed by atoms with E-state index in [4.69, 9.17) is 0 Å². The van der Waals surface area contributed by atoms with Crippen LogP contribution in [0.3, 0.4) is 0 Å². The van der Waals surface area contributed by atoms with E-state index in [1.54, 1.807) is 0 Å². The lowest BCUT2D eigenvalue weighted by molar-refractivity contribution is 0.173. The summed E-state index contributed by atoms with van der Waals surface area (Å²) in [5, 5.41) is 3.55. The summed E-state index contributed by atoms with van der Waals surface area (Å²) >= 11 is 0. The van der Waals surface area contributed by atoms with Crippen molar-refractivity contribution in [2.45, 2.75) is 72.0 Å². The van der Waals surface area contributed by atoms with Crippen LogP contribution in [0.1, 0.15) is 53.9 Å². The SMILES string of the molecule is CCCNC(C)CC(C)N(C)C(C)CC. The third-order valence-corrected chi connectivity index (χ3v) is 3.42. The number of hydrogen-bond acceptors (Lipinski definition) is 2. The first-order chi connectivity index (χ1) is 7.02. The zero-order valence-electron chi connectivity index (χ0n) is 11.5. The summed E-state index contributed by atoms with van der Waals surface area (Å²) in [6.07, 6.45) is 3.69. The summed E-state index contributed by atoms with van der Waals surface area (Å²) in [5.41, 5.74) is 0. The Morgan fingerprint density at radius 3 is 2.13 bits per heavy atom. The average molecular weight is 214 g/mol. The van der Waals surface area contributed by atoms with Crippen molar-refractivity contribution in [2.24, 2.45) is 0 Å². The third kappa shape index (κ3) is 6.16. The van der Waals surface area contributed by atoms with Crippen LogP contribution in [-0.4, -0.2) is 36.6 Å². The van der Waals surface area contributed by atoms with Crippen molar-refractivity contribution in [2.75, 3.05) is 13.6 Å². The molecule has 0 aliphatic carbocycles. The summed E-state index contributed by atoms with van der Waals surface area (Å²) in [5.74, 6) is 0. The van der Waals surface area contributed by atoms with Crippen LogP contribution in [0.15, 0.2) is 0 Å². The fraction of sp³-hybridized carbons (Fsp3) is 1.00. The Bertz CT molecular complexity index is 147. The van der Waals surface area contributed by atoms with Crippen molar-refractivity contribution in [3.8, 4) is 0 Å². The smallest absolute Gasteiger partial charge is 0.00814 e. The standard InChI is InChI=1S/C13H30N2/c1-7-9-14-11(3)10-13(5)15(6)12(4)8-2/h11-14H,7-10H2,1-6H3. The topological polar surface area (TPSA) is 15.3 Å². The molecule has 3 unspecified atom stereocenters. The highest BCUT2D eigenvalue weighted by Crippen LogP contribution is 2.10. The lowest BCUT2D eigenvalue weighted by Crippen LogP contribution is -2.40. The van der Waals surface area contributed by atoms with Crippen molar-refractivity contribution in [1.82, 2.24) is 10.2 Å². The van der Waals surface area contributed by atoms with Gasteiger partial charge in [0, 0.05) is 18.1 Å². The number of nitrogens with one attached hydrogen (secondary N) is 1.